The van der Waals surface area contributed by atoms with Crippen molar-refractivity contribution in [3.05, 3.63) is 64.2 Å². The van der Waals surface area contributed by atoms with Gasteiger partial charge in [0, 0.05) is 16.8 Å². The van der Waals surface area contributed by atoms with Gasteiger partial charge in [0.1, 0.15) is 0 Å². The third kappa shape index (κ3) is 2.76. The normalized spacial score (nSPS) is 15.1. The number of hydrogen-bond acceptors (Lipinski definition) is 1. The second kappa shape index (κ2) is 5.26. The molecule has 1 aliphatic rings. The summed E-state index contributed by atoms with van der Waals surface area (Å²) in [7, 11) is 0. The molecule has 1 N–H and O–H groups in total. The van der Waals surface area contributed by atoms with Crippen LogP contribution in [-0.4, -0.2) is 0 Å². The SMILES string of the molecule is CC(Nc1ccc(Cl)cc1)c1ccc2c(c1)CCC2. The van der Waals surface area contributed by atoms with Crippen molar-refractivity contribution in [2.45, 2.75) is 32.2 Å². The second-order valence-corrected chi connectivity index (χ2v) is 5.69. The number of aryl methyl sites for hydroxylation is 2. The van der Waals surface area contributed by atoms with Crippen molar-refractivity contribution in [3.8, 4) is 0 Å². The zero-order valence-electron chi connectivity index (χ0n) is 11.1. The topological polar surface area (TPSA) is 12.0 Å². The Morgan fingerprint density at radius 2 is 1.74 bits per heavy atom. The summed E-state index contributed by atoms with van der Waals surface area (Å²) in [5.41, 5.74) is 5.53. The largest absolute Gasteiger partial charge is 0.379 e. The van der Waals surface area contributed by atoms with Crippen molar-refractivity contribution in [1.29, 1.82) is 0 Å². The summed E-state index contributed by atoms with van der Waals surface area (Å²) in [5.74, 6) is 0. The van der Waals surface area contributed by atoms with Crippen LogP contribution in [-0.2, 0) is 12.8 Å². The maximum Gasteiger partial charge on any atom is 0.0485 e. The molecule has 1 unspecified atom stereocenters. The van der Waals surface area contributed by atoms with Gasteiger partial charge in [0.2, 0.25) is 0 Å². The minimum Gasteiger partial charge on any atom is -0.379 e. The van der Waals surface area contributed by atoms with Crippen molar-refractivity contribution in [1.82, 2.24) is 0 Å². The van der Waals surface area contributed by atoms with Crippen molar-refractivity contribution in [2.24, 2.45) is 0 Å². The van der Waals surface area contributed by atoms with Gasteiger partial charge in [-0.1, -0.05) is 29.8 Å². The lowest BCUT2D eigenvalue weighted by atomic mass is 10.0. The van der Waals surface area contributed by atoms with E-state index >= 15 is 0 Å². The molecule has 0 saturated heterocycles. The Bertz CT molecular complexity index is 574. The fourth-order valence-electron chi connectivity index (χ4n) is 2.74. The van der Waals surface area contributed by atoms with E-state index in [1.165, 1.54) is 36.0 Å². The van der Waals surface area contributed by atoms with Gasteiger partial charge in [0.25, 0.3) is 0 Å². The van der Waals surface area contributed by atoms with E-state index in [0.29, 0.717) is 6.04 Å². The zero-order valence-corrected chi connectivity index (χ0v) is 11.9. The summed E-state index contributed by atoms with van der Waals surface area (Å²) in [6, 6.07) is 15.1. The maximum atomic E-state index is 5.90. The van der Waals surface area contributed by atoms with E-state index in [9.17, 15) is 0 Å². The Labute approximate surface area is 119 Å². The molecule has 3 rings (SSSR count). The number of benzene rings is 2. The summed E-state index contributed by atoms with van der Waals surface area (Å²) < 4.78 is 0. The number of fused-ring (bicyclic) bond motifs is 1. The van der Waals surface area contributed by atoms with E-state index in [2.05, 4.69) is 30.4 Å². The van der Waals surface area contributed by atoms with Crippen LogP contribution in [0.3, 0.4) is 0 Å². The Hall–Kier alpha value is -1.47. The highest BCUT2D eigenvalue weighted by molar-refractivity contribution is 6.30. The lowest BCUT2D eigenvalue weighted by Gasteiger charge is -2.17. The Balaban J connectivity index is 1.76. The molecule has 2 heteroatoms. The van der Waals surface area contributed by atoms with E-state index in [1.807, 2.05) is 24.3 Å². The molecule has 0 heterocycles. The summed E-state index contributed by atoms with van der Waals surface area (Å²) in [6.07, 6.45) is 3.78. The van der Waals surface area contributed by atoms with Gasteiger partial charge in [-0.05, 0) is 67.1 Å². The predicted octanol–water partition coefficient (Wildman–Crippen LogP) is 5.00. The van der Waals surface area contributed by atoms with E-state index in [4.69, 9.17) is 11.6 Å². The number of halogens is 1. The van der Waals surface area contributed by atoms with Gasteiger partial charge in [-0.2, -0.15) is 0 Å². The van der Waals surface area contributed by atoms with Crippen LogP contribution in [0.5, 0.6) is 0 Å². The number of rotatable bonds is 3. The fourth-order valence-corrected chi connectivity index (χ4v) is 2.87. The van der Waals surface area contributed by atoms with Crippen LogP contribution in [0.2, 0.25) is 5.02 Å². The van der Waals surface area contributed by atoms with Gasteiger partial charge in [-0.3, -0.25) is 0 Å². The monoisotopic (exact) mass is 271 g/mol. The summed E-state index contributed by atoms with van der Waals surface area (Å²) >= 11 is 5.90. The van der Waals surface area contributed by atoms with E-state index in [-0.39, 0.29) is 0 Å². The van der Waals surface area contributed by atoms with Gasteiger partial charge in [-0.25, -0.2) is 0 Å². The molecule has 0 radical (unpaired) electrons. The van der Waals surface area contributed by atoms with E-state index in [0.717, 1.165) is 10.7 Å². The molecule has 2 aromatic rings. The Morgan fingerprint density at radius 3 is 2.53 bits per heavy atom. The second-order valence-electron chi connectivity index (χ2n) is 5.25. The van der Waals surface area contributed by atoms with E-state index < -0.39 is 0 Å². The first kappa shape index (κ1) is 12.6. The lowest BCUT2D eigenvalue weighted by molar-refractivity contribution is 0.879. The molecule has 1 atom stereocenters. The number of nitrogens with one attached hydrogen (secondary N) is 1. The van der Waals surface area contributed by atoms with Gasteiger partial charge < -0.3 is 5.32 Å². The molecule has 0 amide bonds. The van der Waals surface area contributed by atoms with Crippen LogP contribution in [0.4, 0.5) is 5.69 Å². The van der Waals surface area contributed by atoms with Gasteiger partial charge in [0.15, 0.2) is 0 Å². The molecule has 0 fully saturated rings. The van der Waals surface area contributed by atoms with Crippen LogP contribution in [0.15, 0.2) is 42.5 Å². The minimum atomic E-state index is 0.312. The maximum absolute atomic E-state index is 5.90. The molecule has 0 saturated carbocycles. The van der Waals surface area contributed by atoms with Crippen LogP contribution in [0.25, 0.3) is 0 Å². The molecule has 19 heavy (non-hydrogen) atoms. The molecule has 1 aliphatic carbocycles. The first-order valence-corrected chi connectivity index (χ1v) is 7.24. The van der Waals surface area contributed by atoms with Crippen LogP contribution in [0, 0.1) is 0 Å². The highest BCUT2D eigenvalue weighted by Crippen LogP contribution is 2.27. The van der Waals surface area contributed by atoms with E-state index in [1.54, 1.807) is 0 Å². The smallest absolute Gasteiger partial charge is 0.0485 e. The van der Waals surface area contributed by atoms with Crippen molar-refractivity contribution in [3.63, 3.8) is 0 Å². The molecule has 1 nitrogen and oxygen atoms in total. The zero-order chi connectivity index (χ0) is 13.2. The highest BCUT2D eigenvalue weighted by Gasteiger charge is 2.13. The lowest BCUT2D eigenvalue weighted by Crippen LogP contribution is -2.07. The van der Waals surface area contributed by atoms with Crippen LogP contribution in [0.1, 0.15) is 36.1 Å². The third-order valence-corrected chi connectivity index (χ3v) is 4.10. The fraction of sp³-hybridized carbons (Fsp3) is 0.294. The van der Waals surface area contributed by atoms with Crippen LogP contribution >= 0.6 is 11.6 Å². The quantitative estimate of drug-likeness (QED) is 0.828. The standard InChI is InChI=1S/C17H18ClN/c1-12(19-17-9-7-16(18)8-10-17)14-6-5-13-3-2-4-15(13)11-14/h5-12,19H,2-4H2,1H3. The molecule has 0 aromatic heterocycles. The summed E-state index contributed by atoms with van der Waals surface area (Å²) in [5, 5.41) is 4.29. The molecule has 0 spiro atoms. The van der Waals surface area contributed by atoms with Crippen LogP contribution < -0.4 is 5.32 Å². The number of anilines is 1. The Morgan fingerprint density at radius 1 is 1.00 bits per heavy atom. The van der Waals surface area contributed by atoms with Gasteiger partial charge in [0.05, 0.1) is 0 Å². The average molecular weight is 272 g/mol. The molecular formula is C17H18ClN. The van der Waals surface area contributed by atoms with Gasteiger partial charge in [-0.15, -0.1) is 0 Å². The average Bonchev–Trinajstić information content (AvgIpc) is 2.88. The first-order chi connectivity index (χ1) is 9.22. The summed E-state index contributed by atoms with van der Waals surface area (Å²) in [4.78, 5) is 0. The molecule has 0 aliphatic heterocycles. The summed E-state index contributed by atoms with van der Waals surface area (Å²) in [6.45, 7) is 2.20. The first-order valence-electron chi connectivity index (χ1n) is 6.86. The van der Waals surface area contributed by atoms with Crippen molar-refractivity contribution >= 4 is 17.3 Å². The van der Waals surface area contributed by atoms with Crippen molar-refractivity contribution in [2.75, 3.05) is 5.32 Å². The van der Waals surface area contributed by atoms with Gasteiger partial charge >= 0.3 is 0 Å². The number of hydrogen-bond donors (Lipinski definition) is 1. The predicted molar refractivity (Wildman–Crippen MR) is 82.0 cm³/mol. The Kier molecular flexibility index (Phi) is 3.48. The van der Waals surface area contributed by atoms with Crippen molar-refractivity contribution < 1.29 is 0 Å². The third-order valence-electron chi connectivity index (χ3n) is 3.85. The molecule has 98 valence electrons. The minimum absolute atomic E-state index is 0.312. The molecule has 0 bridgehead atoms. The molecular weight excluding hydrogens is 254 g/mol. The molecule has 2 aromatic carbocycles. The highest BCUT2D eigenvalue weighted by atomic mass is 35.5.